The van der Waals surface area contributed by atoms with Gasteiger partial charge >= 0.3 is 0 Å². The lowest BCUT2D eigenvalue weighted by Crippen LogP contribution is -2.42. The van der Waals surface area contributed by atoms with Gasteiger partial charge in [0.2, 0.25) is 5.91 Å². The van der Waals surface area contributed by atoms with Gasteiger partial charge < -0.3 is 10.1 Å². The van der Waals surface area contributed by atoms with Gasteiger partial charge in [0, 0.05) is 18.2 Å². The van der Waals surface area contributed by atoms with Crippen molar-refractivity contribution in [3.8, 4) is 0 Å². The lowest BCUT2D eigenvalue weighted by atomic mass is 9.75. The number of fused-ring (bicyclic) bond motifs is 1. The van der Waals surface area contributed by atoms with Crippen molar-refractivity contribution in [1.29, 1.82) is 0 Å². The summed E-state index contributed by atoms with van der Waals surface area (Å²) in [5.41, 5.74) is 3.22. The summed E-state index contributed by atoms with van der Waals surface area (Å²) < 4.78 is 7.94. The maximum Gasteiger partial charge on any atom is 0.226 e. The van der Waals surface area contributed by atoms with E-state index in [9.17, 15) is 4.79 Å². The van der Waals surface area contributed by atoms with Crippen LogP contribution in [0, 0.1) is 5.41 Å². The van der Waals surface area contributed by atoms with E-state index in [0.29, 0.717) is 13.2 Å². The van der Waals surface area contributed by atoms with Crippen molar-refractivity contribution in [2.45, 2.75) is 58.1 Å². The van der Waals surface area contributed by atoms with Gasteiger partial charge in [-0.3, -0.25) is 9.48 Å². The van der Waals surface area contributed by atoms with Crippen LogP contribution in [0.2, 0.25) is 0 Å². The zero-order chi connectivity index (χ0) is 18.7. The van der Waals surface area contributed by atoms with Crippen LogP contribution in [0.1, 0.15) is 62.0 Å². The van der Waals surface area contributed by atoms with Crippen LogP contribution < -0.4 is 5.32 Å². The summed E-state index contributed by atoms with van der Waals surface area (Å²) >= 11 is 0. The first kappa shape index (κ1) is 18.2. The topological polar surface area (TPSA) is 56.1 Å². The van der Waals surface area contributed by atoms with E-state index in [1.165, 1.54) is 17.5 Å². The Morgan fingerprint density at radius 3 is 2.81 bits per heavy atom. The molecule has 1 fully saturated rings. The van der Waals surface area contributed by atoms with E-state index in [4.69, 9.17) is 9.84 Å². The predicted octanol–water partition coefficient (Wildman–Crippen LogP) is 3.63. The lowest BCUT2D eigenvalue weighted by Gasteiger charge is -2.33. The maximum absolute atomic E-state index is 12.7. The Balaban J connectivity index is 1.41. The minimum atomic E-state index is -0.220. The number of hydrogen-bond acceptors (Lipinski definition) is 3. The monoisotopic (exact) mass is 367 g/mol. The molecule has 144 valence electrons. The first-order valence-corrected chi connectivity index (χ1v) is 10.1. The molecule has 1 saturated carbocycles. The van der Waals surface area contributed by atoms with Crippen LogP contribution in [0.15, 0.2) is 36.5 Å². The van der Waals surface area contributed by atoms with Crippen molar-refractivity contribution in [3.05, 3.63) is 53.3 Å². The van der Waals surface area contributed by atoms with Crippen molar-refractivity contribution in [2.75, 3.05) is 13.2 Å². The molecule has 1 aromatic heterocycles. The molecular formula is C22H29N3O2. The SMILES string of the molecule is CC1(C(=O)NC[C@@H]2OCCc3cn(Cc4ccccc4)nc32)CCCCC1. The summed E-state index contributed by atoms with van der Waals surface area (Å²) in [5.74, 6) is 0.168. The molecule has 1 aliphatic heterocycles. The third-order valence-electron chi connectivity index (χ3n) is 6.01. The fourth-order valence-corrected chi connectivity index (χ4v) is 4.30. The highest BCUT2D eigenvalue weighted by Crippen LogP contribution is 2.36. The molecule has 4 rings (SSSR count). The standard InChI is InChI=1S/C22H29N3O2/c1-22(11-6-3-7-12-22)21(26)23-14-19-20-18(10-13-27-19)16-25(24-20)15-17-8-4-2-5-9-17/h2,4-5,8-9,16,19H,3,6-7,10-15H2,1H3,(H,23,26)/t19-/m0/s1. The number of aromatic nitrogens is 2. The summed E-state index contributed by atoms with van der Waals surface area (Å²) in [5, 5.41) is 7.92. The highest BCUT2D eigenvalue weighted by atomic mass is 16.5. The molecule has 1 aromatic carbocycles. The van der Waals surface area contributed by atoms with E-state index in [1.54, 1.807) is 0 Å². The Bertz CT molecular complexity index is 778. The second-order valence-corrected chi connectivity index (χ2v) is 8.16. The molecule has 1 aliphatic carbocycles. The van der Waals surface area contributed by atoms with Crippen LogP contribution in [0.25, 0.3) is 0 Å². The smallest absolute Gasteiger partial charge is 0.226 e. The lowest BCUT2D eigenvalue weighted by molar-refractivity contribution is -0.132. The third kappa shape index (κ3) is 4.08. The highest BCUT2D eigenvalue weighted by molar-refractivity contribution is 5.82. The van der Waals surface area contributed by atoms with Crippen molar-refractivity contribution in [1.82, 2.24) is 15.1 Å². The molecule has 27 heavy (non-hydrogen) atoms. The average Bonchev–Trinajstić information content (AvgIpc) is 3.10. The minimum absolute atomic E-state index is 0.151. The van der Waals surface area contributed by atoms with Crippen molar-refractivity contribution < 1.29 is 9.53 Å². The summed E-state index contributed by atoms with van der Waals surface area (Å²) in [6.07, 6.45) is 8.38. The first-order valence-electron chi connectivity index (χ1n) is 10.1. The van der Waals surface area contributed by atoms with E-state index in [2.05, 4.69) is 30.6 Å². The maximum atomic E-state index is 12.7. The van der Waals surface area contributed by atoms with Gasteiger partial charge in [-0.15, -0.1) is 0 Å². The van der Waals surface area contributed by atoms with Gasteiger partial charge in [-0.2, -0.15) is 5.10 Å². The Morgan fingerprint density at radius 2 is 2.04 bits per heavy atom. The number of carbonyl (C=O) groups is 1. The molecule has 2 aromatic rings. The molecule has 0 unspecified atom stereocenters. The quantitative estimate of drug-likeness (QED) is 0.878. The molecule has 5 nitrogen and oxygen atoms in total. The van der Waals surface area contributed by atoms with Crippen molar-refractivity contribution >= 4 is 5.91 Å². The molecule has 2 heterocycles. The Hall–Kier alpha value is -2.14. The Labute approximate surface area is 161 Å². The van der Waals surface area contributed by atoms with Crippen LogP contribution in [0.3, 0.4) is 0 Å². The predicted molar refractivity (Wildman–Crippen MR) is 104 cm³/mol. The normalized spacial score (nSPS) is 21.4. The number of nitrogens with zero attached hydrogens (tertiary/aromatic N) is 2. The molecule has 2 aliphatic rings. The fourth-order valence-electron chi connectivity index (χ4n) is 4.30. The van der Waals surface area contributed by atoms with Crippen LogP contribution in [0.4, 0.5) is 0 Å². The molecule has 0 bridgehead atoms. The molecule has 1 atom stereocenters. The number of ether oxygens (including phenoxy) is 1. The average molecular weight is 367 g/mol. The third-order valence-corrected chi connectivity index (χ3v) is 6.01. The van der Waals surface area contributed by atoms with Gasteiger partial charge in [-0.05, 0) is 30.4 Å². The highest BCUT2D eigenvalue weighted by Gasteiger charge is 2.35. The first-order chi connectivity index (χ1) is 13.1. The molecule has 0 saturated heterocycles. The Morgan fingerprint density at radius 1 is 1.26 bits per heavy atom. The minimum Gasteiger partial charge on any atom is -0.370 e. The number of carbonyl (C=O) groups excluding carboxylic acids is 1. The van der Waals surface area contributed by atoms with Crippen LogP contribution in [0.5, 0.6) is 0 Å². The number of benzene rings is 1. The van der Waals surface area contributed by atoms with Crippen LogP contribution in [-0.4, -0.2) is 28.8 Å². The molecular weight excluding hydrogens is 338 g/mol. The van der Waals surface area contributed by atoms with Crippen LogP contribution in [-0.2, 0) is 22.5 Å². The largest absolute Gasteiger partial charge is 0.370 e. The van der Waals surface area contributed by atoms with Crippen molar-refractivity contribution in [3.63, 3.8) is 0 Å². The van der Waals surface area contributed by atoms with E-state index >= 15 is 0 Å². The summed E-state index contributed by atoms with van der Waals surface area (Å²) in [4.78, 5) is 12.7. The van der Waals surface area contributed by atoms with Gasteiger partial charge in [0.25, 0.3) is 0 Å². The second-order valence-electron chi connectivity index (χ2n) is 8.16. The van der Waals surface area contributed by atoms with E-state index < -0.39 is 0 Å². The molecule has 1 amide bonds. The van der Waals surface area contributed by atoms with E-state index in [1.807, 2.05) is 22.9 Å². The zero-order valence-electron chi connectivity index (χ0n) is 16.1. The van der Waals surface area contributed by atoms with E-state index in [0.717, 1.165) is 44.3 Å². The molecule has 0 spiro atoms. The summed E-state index contributed by atoms with van der Waals surface area (Å²) in [6, 6.07) is 10.3. The number of hydrogen-bond donors (Lipinski definition) is 1. The van der Waals surface area contributed by atoms with Gasteiger partial charge in [0.1, 0.15) is 6.10 Å². The van der Waals surface area contributed by atoms with Gasteiger partial charge in [0.15, 0.2) is 0 Å². The van der Waals surface area contributed by atoms with Gasteiger partial charge in [-0.25, -0.2) is 0 Å². The molecule has 1 N–H and O–H groups in total. The number of rotatable bonds is 5. The summed E-state index contributed by atoms with van der Waals surface area (Å²) in [6.45, 7) is 4.04. The fraction of sp³-hybridized carbons (Fsp3) is 0.545. The van der Waals surface area contributed by atoms with Crippen molar-refractivity contribution in [2.24, 2.45) is 5.41 Å². The Kier molecular flexibility index (Phi) is 5.30. The molecule has 5 heteroatoms. The number of nitrogens with one attached hydrogen (secondary N) is 1. The number of amides is 1. The van der Waals surface area contributed by atoms with Crippen LogP contribution >= 0.6 is 0 Å². The summed E-state index contributed by atoms with van der Waals surface area (Å²) in [7, 11) is 0. The van der Waals surface area contributed by atoms with Gasteiger partial charge in [0.05, 0.1) is 18.8 Å². The zero-order valence-corrected chi connectivity index (χ0v) is 16.1. The van der Waals surface area contributed by atoms with Gasteiger partial charge in [-0.1, -0.05) is 56.5 Å². The second kappa shape index (κ2) is 7.85. The molecule has 0 radical (unpaired) electrons. The van der Waals surface area contributed by atoms with E-state index in [-0.39, 0.29) is 17.4 Å².